The molecule has 9 nitrogen and oxygen atoms in total. The van der Waals surface area contributed by atoms with Crippen LogP contribution < -0.4 is 5.32 Å². The van der Waals surface area contributed by atoms with E-state index >= 15 is 0 Å². The molecule has 0 aliphatic rings. The van der Waals surface area contributed by atoms with Crippen molar-refractivity contribution < 1.29 is 34.4 Å². The first kappa shape index (κ1) is 23.4. The number of rotatable bonds is 10. The second-order valence-electron chi connectivity index (χ2n) is 7.50. The van der Waals surface area contributed by atoms with Gasteiger partial charge in [0.15, 0.2) is 0 Å². The Bertz CT molecular complexity index is 668. The van der Waals surface area contributed by atoms with Gasteiger partial charge in [0.25, 0.3) is 0 Å². The van der Waals surface area contributed by atoms with E-state index in [4.69, 9.17) is 9.84 Å². The number of carboxylic acids is 2. The van der Waals surface area contributed by atoms with Crippen molar-refractivity contribution in [2.75, 3.05) is 6.61 Å². The van der Waals surface area contributed by atoms with Crippen molar-refractivity contribution >= 4 is 18.0 Å². The zero-order valence-corrected chi connectivity index (χ0v) is 16.3. The van der Waals surface area contributed by atoms with E-state index in [1.54, 1.807) is 39.1 Å². The summed E-state index contributed by atoms with van der Waals surface area (Å²) in [5.74, 6) is -3.57. The SMILES string of the molecule is CC(C)(C)OC(=O)N[C@@H](C[C@H](Cc1ccc(CCCO)cn1)C(=O)O)C(=O)O. The molecule has 1 heterocycles. The van der Waals surface area contributed by atoms with Gasteiger partial charge < -0.3 is 25.4 Å². The monoisotopic (exact) mass is 396 g/mol. The topological polar surface area (TPSA) is 146 Å². The Morgan fingerprint density at radius 1 is 1.18 bits per heavy atom. The van der Waals surface area contributed by atoms with Crippen molar-refractivity contribution in [1.82, 2.24) is 10.3 Å². The van der Waals surface area contributed by atoms with E-state index in [9.17, 15) is 24.6 Å². The van der Waals surface area contributed by atoms with E-state index in [-0.39, 0.29) is 19.4 Å². The van der Waals surface area contributed by atoms with E-state index in [1.807, 2.05) is 0 Å². The predicted molar refractivity (Wildman–Crippen MR) is 99.9 cm³/mol. The van der Waals surface area contributed by atoms with Gasteiger partial charge in [-0.3, -0.25) is 9.78 Å². The highest BCUT2D eigenvalue weighted by atomic mass is 16.6. The largest absolute Gasteiger partial charge is 0.481 e. The molecule has 4 N–H and O–H groups in total. The van der Waals surface area contributed by atoms with Gasteiger partial charge in [0.05, 0.1) is 5.92 Å². The molecule has 1 aromatic rings. The highest BCUT2D eigenvalue weighted by Crippen LogP contribution is 2.16. The number of nitrogens with one attached hydrogen (secondary N) is 1. The van der Waals surface area contributed by atoms with E-state index in [0.717, 1.165) is 5.56 Å². The summed E-state index contributed by atoms with van der Waals surface area (Å²) in [6, 6.07) is 2.07. The summed E-state index contributed by atoms with van der Waals surface area (Å²) in [7, 11) is 0. The average Bonchev–Trinajstić information content (AvgIpc) is 2.57. The van der Waals surface area contributed by atoms with Crippen molar-refractivity contribution in [2.45, 2.75) is 58.1 Å². The van der Waals surface area contributed by atoms with Crippen molar-refractivity contribution in [3.8, 4) is 0 Å². The molecule has 156 valence electrons. The van der Waals surface area contributed by atoms with Gasteiger partial charge in [-0.25, -0.2) is 9.59 Å². The number of alkyl carbamates (subject to hydrolysis) is 1. The van der Waals surface area contributed by atoms with Crippen LogP contribution >= 0.6 is 0 Å². The van der Waals surface area contributed by atoms with Crippen molar-refractivity contribution in [3.63, 3.8) is 0 Å². The predicted octanol–water partition coefficient (Wildman–Crippen LogP) is 1.62. The van der Waals surface area contributed by atoms with Crippen LogP contribution in [0, 0.1) is 5.92 Å². The van der Waals surface area contributed by atoms with Crippen LogP contribution in [0.15, 0.2) is 18.3 Å². The quantitative estimate of drug-likeness (QED) is 0.467. The number of carbonyl (C=O) groups is 3. The van der Waals surface area contributed by atoms with Gasteiger partial charge in [-0.2, -0.15) is 0 Å². The zero-order chi connectivity index (χ0) is 21.3. The van der Waals surface area contributed by atoms with Crippen LogP contribution in [0.3, 0.4) is 0 Å². The van der Waals surface area contributed by atoms with Crippen LogP contribution in [-0.2, 0) is 27.2 Å². The normalized spacial score (nSPS) is 13.4. The molecule has 0 saturated heterocycles. The van der Waals surface area contributed by atoms with Gasteiger partial charge in [-0.1, -0.05) is 6.07 Å². The highest BCUT2D eigenvalue weighted by Gasteiger charge is 2.30. The Labute approximate surface area is 163 Å². The lowest BCUT2D eigenvalue weighted by atomic mass is 9.94. The number of aliphatic hydroxyl groups excluding tert-OH is 1. The molecule has 2 atom stereocenters. The van der Waals surface area contributed by atoms with Crippen LogP contribution in [-0.4, -0.2) is 56.6 Å². The number of hydrogen-bond donors (Lipinski definition) is 4. The minimum Gasteiger partial charge on any atom is -0.481 e. The molecule has 1 rings (SSSR count). The summed E-state index contributed by atoms with van der Waals surface area (Å²) in [6.45, 7) is 4.99. The summed E-state index contributed by atoms with van der Waals surface area (Å²) < 4.78 is 5.03. The number of carboxylic acid groups (broad SMARTS) is 2. The fraction of sp³-hybridized carbons (Fsp3) is 0.579. The molecule has 0 saturated carbocycles. The van der Waals surface area contributed by atoms with Gasteiger partial charge in [-0.15, -0.1) is 0 Å². The Morgan fingerprint density at radius 3 is 2.32 bits per heavy atom. The fourth-order valence-corrected chi connectivity index (χ4v) is 2.49. The van der Waals surface area contributed by atoms with E-state index in [2.05, 4.69) is 10.3 Å². The average molecular weight is 396 g/mol. The zero-order valence-electron chi connectivity index (χ0n) is 16.3. The van der Waals surface area contributed by atoms with E-state index < -0.39 is 35.6 Å². The number of carbonyl (C=O) groups excluding carboxylic acids is 1. The molecule has 0 aromatic carbocycles. The molecular weight excluding hydrogens is 368 g/mol. The van der Waals surface area contributed by atoms with Gasteiger partial charge in [0.2, 0.25) is 0 Å². The molecular formula is C19H28N2O7. The third kappa shape index (κ3) is 8.81. The summed E-state index contributed by atoms with van der Waals surface area (Å²) >= 11 is 0. The number of ether oxygens (including phenoxy) is 1. The second kappa shape index (κ2) is 10.6. The van der Waals surface area contributed by atoms with E-state index in [1.165, 1.54) is 0 Å². The molecule has 0 spiro atoms. The van der Waals surface area contributed by atoms with Crippen LogP contribution in [0.25, 0.3) is 0 Å². The number of aryl methyl sites for hydroxylation is 1. The van der Waals surface area contributed by atoms with Crippen LogP contribution in [0.1, 0.15) is 44.9 Å². The summed E-state index contributed by atoms with van der Waals surface area (Å²) in [5.41, 5.74) is 0.613. The molecule has 0 radical (unpaired) electrons. The molecule has 0 aliphatic carbocycles. The summed E-state index contributed by atoms with van der Waals surface area (Å²) in [5, 5.41) is 29.9. The Kier molecular flexibility index (Phi) is 8.84. The van der Waals surface area contributed by atoms with Gasteiger partial charge >= 0.3 is 18.0 Å². The lowest BCUT2D eigenvalue weighted by Crippen LogP contribution is -2.45. The molecule has 0 aliphatic heterocycles. The maximum Gasteiger partial charge on any atom is 0.408 e. The summed E-state index contributed by atoms with van der Waals surface area (Å²) in [6.07, 6.45) is 1.67. The molecule has 28 heavy (non-hydrogen) atoms. The minimum atomic E-state index is -1.40. The number of aliphatic carboxylic acids is 2. The van der Waals surface area contributed by atoms with Crippen LogP contribution in [0.5, 0.6) is 0 Å². The molecule has 0 bridgehead atoms. The van der Waals surface area contributed by atoms with Crippen LogP contribution in [0.4, 0.5) is 4.79 Å². The second-order valence-corrected chi connectivity index (χ2v) is 7.50. The van der Waals surface area contributed by atoms with Crippen molar-refractivity contribution in [3.05, 3.63) is 29.6 Å². The Hall–Kier alpha value is -2.68. The van der Waals surface area contributed by atoms with Gasteiger partial charge in [-0.05, 0) is 51.7 Å². The lowest BCUT2D eigenvalue weighted by Gasteiger charge is -2.23. The number of hydrogen-bond acceptors (Lipinski definition) is 6. The first-order chi connectivity index (χ1) is 13.0. The Balaban J connectivity index is 2.78. The van der Waals surface area contributed by atoms with Crippen LogP contribution in [0.2, 0.25) is 0 Å². The number of aliphatic hydroxyl groups is 1. The number of pyridine rings is 1. The van der Waals surface area contributed by atoms with Crippen molar-refractivity contribution in [1.29, 1.82) is 0 Å². The molecule has 0 fully saturated rings. The summed E-state index contributed by atoms with van der Waals surface area (Å²) in [4.78, 5) is 39.1. The lowest BCUT2D eigenvalue weighted by molar-refractivity contribution is -0.144. The highest BCUT2D eigenvalue weighted by molar-refractivity contribution is 5.81. The van der Waals surface area contributed by atoms with Crippen molar-refractivity contribution in [2.24, 2.45) is 5.92 Å². The first-order valence-electron chi connectivity index (χ1n) is 9.01. The first-order valence-corrected chi connectivity index (χ1v) is 9.01. The number of nitrogens with zero attached hydrogens (tertiary/aromatic N) is 1. The number of aromatic nitrogens is 1. The van der Waals surface area contributed by atoms with E-state index in [0.29, 0.717) is 18.5 Å². The minimum absolute atomic E-state index is 0.0232. The third-order valence-corrected chi connectivity index (χ3v) is 3.82. The molecule has 9 heteroatoms. The standard InChI is InChI=1S/C19H28N2O7/c1-19(2,3)28-18(27)21-15(17(25)26)10-13(16(23)24)9-14-7-6-12(11-20-14)5-4-8-22/h6-7,11,13,15,22H,4-5,8-10H2,1-3H3,(H,21,27)(H,23,24)(H,25,26)/t13-,15-/m0/s1. The Morgan fingerprint density at radius 2 is 1.86 bits per heavy atom. The smallest absolute Gasteiger partial charge is 0.408 e. The molecule has 1 aromatic heterocycles. The number of amides is 1. The molecule has 1 amide bonds. The van der Waals surface area contributed by atoms with Gasteiger partial charge in [0, 0.05) is 24.9 Å². The fourth-order valence-electron chi connectivity index (χ4n) is 2.49. The maximum absolute atomic E-state index is 11.8. The van der Waals surface area contributed by atoms with Gasteiger partial charge in [0.1, 0.15) is 11.6 Å². The maximum atomic E-state index is 11.8. The third-order valence-electron chi connectivity index (χ3n) is 3.82. The molecule has 0 unspecified atom stereocenters.